The number of allylic oxidation sites excluding steroid dienone is 2. The first-order valence-electron chi connectivity index (χ1n) is 14.5. The van der Waals surface area contributed by atoms with Crippen molar-refractivity contribution in [1.82, 2.24) is 24.8 Å². The molecular formula is C33H47N5. The SMILES string of the molecule is C=C(CCNC)N1CCC(c2ccc(C)c(/C(=C(\CCC)c3cn4ncnc4c(C)c3C)C(C)C)c2)CC1. The normalized spacial score (nSPS) is 15.4. The molecule has 0 aliphatic carbocycles. The van der Waals surface area contributed by atoms with Gasteiger partial charge in [0.1, 0.15) is 6.33 Å². The van der Waals surface area contributed by atoms with E-state index in [0.29, 0.717) is 11.8 Å². The van der Waals surface area contributed by atoms with Crippen molar-refractivity contribution < 1.29 is 0 Å². The minimum atomic E-state index is 0.411. The first-order chi connectivity index (χ1) is 18.3. The average molecular weight is 514 g/mol. The van der Waals surface area contributed by atoms with E-state index < -0.39 is 0 Å². The molecule has 204 valence electrons. The minimum Gasteiger partial charge on any atom is -0.375 e. The van der Waals surface area contributed by atoms with Crippen molar-refractivity contribution in [2.45, 2.75) is 79.6 Å². The summed E-state index contributed by atoms with van der Waals surface area (Å²) < 4.78 is 1.95. The summed E-state index contributed by atoms with van der Waals surface area (Å²) in [6.45, 7) is 21.2. The Kier molecular flexibility index (Phi) is 9.09. The van der Waals surface area contributed by atoms with Crippen LogP contribution in [0.5, 0.6) is 0 Å². The summed E-state index contributed by atoms with van der Waals surface area (Å²) in [6.07, 6.45) is 9.41. The van der Waals surface area contributed by atoms with Crippen molar-refractivity contribution in [2.75, 3.05) is 26.7 Å². The van der Waals surface area contributed by atoms with Crippen LogP contribution in [0.4, 0.5) is 0 Å². The zero-order valence-electron chi connectivity index (χ0n) is 24.7. The van der Waals surface area contributed by atoms with Crippen LogP contribution in [-0.4, -0.2) is 46.2 Å². The second-order valence-corrected chi connectivity index (χ2v) is 11.4. The van der Waals surface area contributed by atoms with Crippen molar-refractivity contribution in [3.05, 3.63) is 76.4 Å². The molecule has 0 unspecified atom stereocenters. The van der Waals surface area contributed by atoms with Crippen LogP contribution in [0.15, 0.2) is 43.0 Å². The van der Waals surface area contributed by atoms with Gasteiger partial charge in [-0.25, -0.2) is 9.50 Å². The Morgan fingerprint density at radius 3 is 2.47 bits per heavy atom. The van der Waals surface area contributed by atoms with E-state index in [4.69, 9.17) is 0 Å². The highest BCUT2D eigenvalue weighted by Crippen LogP contribution is 2.40. The van der Waals surface area contributed by atoms with E-state index in [9.17, 15) is 0 Å². The van der Waals surface area contributed by atoms with Gasteiger partial charge in [-0.15, -0.1) is 0 Å². The minimum absolute atomic E-state index is 0.411. The summed E-state index contributed by atoms with van der Waals surface area (Å²) in [7, 11) is 2.01. The van der Waals surface area contributed by atoms with Crippen LogP contribution in [0.2, 0.25) is 0 Å². The molecule has 0 bridgehead atoms. The summed E-state index contributed by atoms with van der Waals surface area (Å²) in [5.74, 6) is 1.01. The average Bonchev–Trinajstić information content (AvgIpc) is 3.39. The summed E-state index contributed by atoms with van der Waals surface area (Å²) in [6, 6.07) is 7.25. The lowest BCUT2D eigenvalue weighted by molar-refractivity contribution is 0.256. The van der Waals surface area contributed by atoms with Crippen molar-refractivity contribution in [1.29, 1.82) is 0 Å². The second kappa shape index (κ2) is 12.3. The predicted molar refractivity (Wildman–Crippen MR) is 161 cm³/mol. The molecule has 0 amide bonds. The number of nitrogens with zero attached hydrogens (tertiary/aromatic N) is 4. The van der Waals surface area contributed by atoms with Gasteiger partial charge in [0, 0.05) is 31.5 Å². The molecule has 2 aromatic heterocycles. The summed E-state index contributed by atoms with van der Waals surface area (Å²) in [5, 5.41) is 7.75. The number of benzene rings is 1. The number of hydrogen-bond donors (Lipinski definition) is 1. The molecule has 4 rings (SSSR count). The van der Waals surface area contributed by atoms with Crippen LogP contribution in [0.25, 0.3) is 16.8 Å². The summed E-state index contributed by atoms with van der Waals surface area (Å²) in [5.41, 5.74) is 13.2. The van der Waals surface area contributed by atoms with Gasteiger partial charge in [0.25, 0.3) is 0 Å². The molecule has 1 fully saturated rings. The van der Waals surface area contributed by atoms with E-state index in [0.717, 1.165) is 44.5 Å². The number of rotatable bonds is 10. The molecule has 1 aliphatic rings. The standard InChI is InChI=1S/C33H47N5/c1-9-10-29(31-20-38-33(35-21-36-38)26(7)25(31)6)32(22(2)3)30-19-28(12-11-23(30)4)27-14-17-37(18-15-27)24(5)13-16-34-8/h11-12,19-22,27,34H,5,9-10,13-18H2,1-4,6-8H3/b32-29+. The van der Waals surface area contributed by atoms with Crippen LogP contribution in [0.1, 0.15) is 92.2 Å². The van der Waals surface area contributed by atoms with E-state index in [1.165, 1.54) is 63.1 Å². The molecule has 0 atom stereocenters. The number of nitrogens with one attached hydrogen (secondary N) is 1. The monoisotopic (exact) mass is 513 g/mol. The number of likely N-dealkylation sites (tertiary alicyclic amines) is 1. The lowest BCUT2D eigenvalue weighted by Gasteiger charge is -2.35. The lowest BCUT2D eigenvalue weighted by Crippen LogP contribution is -2.33. The fraction of sp³-hybridized carbons (Fsp3) is 0.515. The molecule has 0 spiro atoms. The Morgan fingerprint density at radius 1 is 1.08 bits per heavy atom. The molecule has 1 aliphatic heterocycles. The van der Waals surface area contributed by atoms with E-state index in [1.807, 2.05) is 11.6 Å². The topological polar surface area (TPSA) is 45.5 Å². The van der Waals surface area contributed by atoms with Gasteiger partial charge in [-0.05, 0) is 110 Å². The molecule has 3 heterocycles. The third-order valence-corrected chi connectivity index (χ3v) is 8.48. The molecule has 1 saturated heterocycles. The number of hydrogen-bond acceptors (Lipinski definition) is 4. The van der Waals surface area contributed by atoms with Gasteiger partial charge < -0.3 is 10.2 Å². The van der Waals surface area contributed by atoms with E-state index in [-0.39, 0.29) is 0 Å². The largest absolute Gasteiger partial charge is 0.375 e. The Bertz CT molecular complexity index is 1300. The van der Waals surface area contributed by atoms with Crippen LogP contribution < -0.4 is 5.32 Å². The molecule has 38 heavy (non-hydrogen) atoms. The highest BCUT2D eigenvalue weighted by Gasteiger charge is 2.24. The zero-order valence-corrected chi connectivity index (χ0v) is 24.7. The summed E-state index contributed by atoms with van der Waals surface area (Å²) >= 11 is 0. The van der Waals surface area contributed by atoms with Crippen LogP contribution in [-0.2, 0) is 0 Å². The number of aromatic nitrogens is 3. The maximum Gasteiger partial charge on any atom is 0.158 e. The molecule has 5 nitrogen and oxygen atoms in total. The van der Waals surface area contributed by atoms with E-state index in [1.54, 1.807) is 6.33 Å². The molecule has 1 N–H and O–H groups in total. The first-order valence-corrected chi connectivity index (χ1v) is 14.5. The van der Waals surface area contributed by atoms with E-state index in [2.05, 4.69) is 92.8 Å². The smallest absolute Gasteiger partial charge is 0.158 e. The first kappa shape index (κ1) is 28.1. The predicted octanol–water partition coefficient (Wildman–Crippen LogP) is 7.32. The van der Waals surface area contributed by atoms with Crippen molar-refractivity contribution >= 4 is 16.8 Å². The van der Waals surface area contributed by atoms with Gasteiger partial charge in [-0.2, -0.15) is 5.10 Å². The van der Waals surface area contributed by atoms with Crippen molar-refractivity contribution in [3.63, 3.8) is 0 Å². The maximum atomic E-state index is 4.50. The Hall–Kier alpha value is -2.92. The third kappa shape index (κ3) is 5.73. The highest BCUT2D eigenvalue weighted by atomic mass is 15.3. The van der Waals surface area contributed by atoms with Gasteiger partial charge in [-0.1, -0.05) is 52.0 Å². The fourth-order valence-corrected chi connectivity index (χ4v) is 6.13. The molecular weight excluding hydrogens is 466 g/mol. The maximum absolute atomic E-state index is 4.50. The lowest BCUT2D eigenvalue weighted by atomic mass is 9.80. The number of fused-ring (bicyclic) bond motifs is 1. The Labute approximate surface area is 230 Å². The zero-order chi connectivity index (χ0) is 27.4. The van der Waals surface area contributed by atoms with Gasteiger partial charge in [-0.3, -0.25) is 0 Å². The highest BCUT2D eigenvalue weighted by molar-refractivity contribution is 5.93. The van der Waals surface area contributed by atoms with Gasteiger partial charge in [0.15, 0.2) is 5.65 Å². The van der Waals surface area contributed by atoms with Gasteiger partial charge >= 0.3 is 0 Å². The Balaban J connectivity index is 1.73. The third-order valence-electron chi connectivity index (χ3n) is 8.48. The van der Waals surface area contributed by atoms with Crippen molar-refractivity contribution in [3.8, 4) is 0 Å². The van der Waals surface area contributed by atoms with E-state index >= 15 is 0 Å². The molecule has 0 saturated carbocycles. The number of pyridine rings is 1. The van der Waals surface area contributed by atoms with Gasteiger partial charge in [0.2, 0.25) is 0 Å². The quantitative estimate of drug-likeness (QED) is 0.308. The Morgan fingerprint density at radius 2 is 1.82 bits per heavy atom. The fourth-order valence-electron chi connectivity index (χ4n) is 6.13. The molecule has 0 radical (unpaired) electrons. The molecule has 5 heteroatoms. The number of aryl methyl sites for hydroxylation is 2. The van der Waals surface area contributed by atoms with Crippen LogP contribution in [0, 0.1) is 26.7 Å². The second-order valence-electron chi connectivity index (χ2n) is 11.4. The van der Waals surface area contributed by atoms with Crippen LogP contribution in [0.3, 0.4) is 0 Å². The van der Waals surface area contributed by atoms with Crippen molar-refractivity contribution in [2.24, 2.45) is 5.92 Å². The molecule has 1 aromatic carbocycles. The van der Waals surface area contributed by atoms with Crippen LogP contribution >= 0.6 is 0 Å². The number of piperidine rings is 1. The summed E-state index contributed by atoms with van der Waals surface area (Å²) in [4.78, 5) is 6.99. The molecule has 3 aromatic rings. The van der Waals surface area contributed by atoms with Gasteiger partial charge in [0.05, 0.1) is 0 Å².